The first-order chi connectivity index (χ1) is 11.5. The topological polar surface area (TPSA) is 92.8 Å². The van der Waals surface area contributed by atoms with Gasteiger partial charge in [0, 0.05) is 15.2 Å². The summed E-state index contributed by atoms with van der Waals surface area (Å²) in [5.41, 5.74) is 5.87. The third-order valence-electron chi connectivity index (χ3n) is 3.23. The molecule has 6 nitrogen and oxygen atoms in total. The molecular weight excluding hydrogens is 440 g/mol. The van der Waals surface area contributed by atoms with Gasteiger partial charge < -0.3 is 15.5 Å². The number of nitrogens with one attached hydrogen (secondary N) is 1. The number of nitrogens with two attached hydrogens (primary N) is 1. The average Bonchev–Trinajstić information content (AvgIpc) is 2.89. The quantitative estimate of drug-likeness (QED) is 0.548. The maximum atomic E-state index is 11.9. The monoisotopic (exact) mass is 450 g/mol. The highest BCUT2D eigenvalue weighted by atomic mass is 79.9. The molecule has 0 radical (unpaired) electrons. The Balaban J connectivity index is 1.69. The number of amides is 1. The van der Waals surface area contributed by atoms with Crippen molar-refractivity contribution in [3.63, 3.8) is 0 Å². The SMILES string of the molecule is Nc1[nH]c(N=NC(=O)COc2ccc(Br)cc2Br)c2ccccc12. The number of nitrogen functional groups attached to an aromatic ring is 1. The van der Waals surface area contributed by atoms with E-state index in [9.17, 15) is 4.79 Å². The summed E-state index contributed by atoms with van der Waals surface area (Å²) in [6, 6.07) is 12.9. The van der Waals surface area contributed by atoms with Crippen LogP contribution in [0.25, 0.3) is 10.8 Å². The number of halogens is 2. The van der Waals surface area contributed by atoms with E-state index in [0.717, 1.165) is 19.7 Å². The number of aromatic amines is 1. The van der Waals surface area contributed by atoms with E-state index in [1.54, 1.807) is 6.07 Å². The van der Waals surface area contributed by atoms with E-state index >= 15 is 0 Å². The molecule has 0 aliphatic rings. The lowest BCUT2D eigenvalue weighted by molar-refractivity contribution is -0.120. The third-order valence-corrected chi connectivity index (χ3v) is 4.34. The highest BCUT2D eigenvalue weighted by Gasteiger charge is 2.08. The van der Waals surface area contributed by atoms with Gasteiger partial charge in [0.1, 0.15) is 11.6 Å². The summed E-state index contributed by atoms with van der Waals surface area (Å²) in [6.07, 6.45) is 0. The number of aromatic nitrogens is 1. The smallest absolute Gasteiger partial charge is 0.302 e. The third kappa shape index (κ3) is 3.65. The Labute approximate surface area is 154 Å². The van der Waals surface area contributed by atoms with Crippen LogP contribution in [0.15, 0.2) is 61.6 Å². The van der Waals surface area contributed by atoms with Crippen molar-refractivity contribution >= 4 is 60.2 Å². The van der Waals surface area contributed by atoms with Gasteiger partial charge in [0.05, 0.1) is 4.47 Å². The van der Waals surface area contributed by atoms with E-state index in [1.807, 2.05) is 36.4 Å². The summed E-state index contributed by atoms with van der Waals surface area (Å²) < 4.78 is 7.08. The number of rotatable bonds is 4. The Morgan fingerprint density at radius 2 is 1.92 bits per heavy atom. The van der Waals surface area contributed by atoms with Gasteiger partial charge in [-0.15, -0.1) is 10.2 Å². The molecular formula is C16H12Br2N4O2. The fraction of sp³-hybridized carbons (Fsp3) is 0.0625. The largest absolute Gasteiger partial charge is 0.482 e. The van der Waals surface area contributed by atoms with E-state index < -0.39 is 5.91 Å². The number of ether oxygens (including phenoxy) is 1. The van der Waals surface area contributed by atoms with Crippen LogP contribution in [0.3, 0.4) is 0 Å². The van der Waals surface area contributed by atoms with Gasteiger partial charge in [0.25, 0.3) is 0 Å². The molecule has 0 fully saturated rings. The minimum atomic E-state index is -0.498. The van der Waals surface area contributed by atoms with Crippen LogP contribution >= 0.6 is 31.9 Å². The van der Waals surface area contributed by atoms with Crippen LogP contribution in [0.4, 0.5) is 11.6 Å². The van der Waals surface area contributed by atoms with Crippen molar-refractivity contribution < 1.29 is 9.53 Å². The number of benzene rings is 2. The standard InChI is InChI=1S/C16H12Br2N4O2/c17-9-5-6-13(12(18)7-9)24-8-14(23)21-22-16-11-4-2-1-3-10(11)15(19)20-16/h1-7,20H,8,19H2. The Morgan fingerprint density at radius 1 is 1.17 bits per heavy atom. The van der Waals surface area contributed by atoms with E-state index in [1.165, 1.54) is 0 Å². The Kier molecular flexibility index (Phi) is 4.96. The van der Waals surface area contributed by atoms with Crippen LogP contribution in [-0.2, 0) is 4.79 Å². The molecule has 0 bridgehead atoms. The number of anilines is 1. The zero-order valence-corrected chi connectivity index (χ0v) is 15.5. The Morgan fingerprint density at radius 3 is 2.67 bits per heavy atom. The second-order valence-corrected chi connectivity index (χ2v) is 6.66. The minimum absolute atomic E-state index is 0.210. The van der Waals surface area contributed by atoms with Crippen LogP contribution in [0.2, 0.25) is 0 Å². The highest BCUT2D eigenvalue weighted by Crippen LogP contribution is 2.30. The summed E-state index contributed by atoms with van der Waals surface area (Å²) in [7, 11) is 0. The number of carbonyl (C=O) groups is 1. The lowest BCUT2D eigenvalue weighted by Gasteiger charge is -2.05. The molecule has 24 heavy (non-hydrogen) atoms. The lowest BCUT2D eigenvalue weighted by atomic mass is 10.2. The number of carbonyl (C=O) groups excluding carboxylic acids is 1. The number of H-pyrrole nitrogens is 1. The molecule has 3 N–H and O–H groups in total. The van der Waals surface area contributed by atoms with E-state index in [2.05, 4.69) is 47.1 Å². The van der Waals surface area contributed by atoms with Gasteiger partial charge in [-0.3, -0.25) is 4.79 Å². The van der Waals surface area contributed by atoms with Gasteiger partial charge in [0.2, 0.25) is 0 Å². The molecule has 1 heterocycles. The van der Waals surface area contributed by atoms with Crippen molar-refractivity contribution in [2.45, 2.75) is 0 Å². The van der Waals surface area contributed by atoms with E-state index in [0.29, 0.717) is 17.4 Å². The zero-order valence-electron chi connectivity index (χ0n) is 12.3. The van der Waals surface area contributed by atoms with Gasteiger partial charge in [-0.1, -0.05) is 40.2 Å². The molecule has 8 heteroatoms. The number of hydrogen-bond acceptors (Lipinski definition) is 4. The second kappa shape index (κ2) is 7.14. The summed E-state index contributed by atoms with van der Waals surface area (Å²) in [6.45, 7) is -0.210. The molecule has 3 rings (SSSR count). The molecule has 0 saturated heterocycles. The van der Waals surface area contributed by atoms with E-state index in [4.69, 9.17) is 10.5 Å². The van der Waals surface area contributed by atoms with Gasteiger partial charge >= 0.3 is 5.91 Å². The summed E-state index contributed by atoms with van der Waals surface area (Å²) in [4.78, 5) is 14.8. The fourth-order valence-electron chi connectivity index (χ4n) is 2.13. The number of hydrogen-bond donors (Lipinski definition) is 2. The molecule has 122 valence electrons. The lowest BCUT2D eigenvalue weighted by Crippen LogP contribution is -2.08. The Hall–Kier alpha value is -2.19. The normalized spacial score (nSPS) is 11.2. The molecule has 0 saturated carbocycles. The van der Waals surface area contributed by atoms with Crippen molar-refractivity contribution in [1.82, 2.24) is 4.98 Å². The first-order valence-electron chi connectivity index (χ1n) is 6.93. The van der Waals surface area contributed by atoms with Gasteiger partial charge in [-0.2, -0.15) is 0 Å². The average molecular weight is 452 g/mol. The first kappa shape index (κ1) is 16.7. The predicted octanol–water partition coefficient (Wildman–Crippen LogP) is 4.96. The second-order valence-electron chi connectivity index (χ2n) is 4.89. The van der Waals surface area contributed by atoms with Gasteiger partial charge in [0.15, 0.2) is 12.4 Å². The first-order valence-corrected chi connectivity index (χ1v) is 8.52. The molecule has 1 amide bonds. The fourth-order valence-corrected chi connectivity index (χ4v) is 3.29. The van der Waals surface area contributed by atoms with Crippen LogP contribution in [0.1, 0.15) is 0 Å². The molecule has 0 atom stereocenters. The van der Waals surface area contributed by atoms with Crippen molar-refractivity contribution in [2.24, 2.45) is 10.2 Å². The van der Waals surface area contributed by atoms with Gasteiger partial charge in [-0.05, 0) is 34.1 Å². The maximum absolute atomic E-state index is 11.9. The molecule has 0 unspecified atom stereocenters. The molecule has 0 aliphatic carbocycles. The van der Waals surface area contributed by atoms with Crippen molar-refractivity contribution in [3.8, 4) is 5.75 Å². The van der Waals surface area contributed by atoms with Gasteiger partial charge in [-0.25, -0.2) is 0 Å². The Bertz CT molecular complexity index is 937. The number of fused-ring (bicyclic) bond motifs is 1. The highest BCUT2D eigenvalue weighted by molar-refractivity contribution is 9.11. The molecule has 0 spiro atoms. The number of nitrogens with zero attached hydrogens (tertiary/aromatic N) is 2. The summed E-state index contributed by atoms with van der Waals surface area (Å²) in [5, 5.41) is 9.26. The number of azo groups is 1. The maximum Gasteiger partial charge on any atom is 0.302 e. The van der Waals surface area contributed by atoms with E-state index in [-0.39, 0.29) is 6.61 Å². The van der Waals surface area contributed by atoms with Crippen molar-refractivity contribution in [1.29, 1.82) is 0 Å². The summed E-state index contributed by atoms with van der Waals surface area (Å²) in [5.74, 6) is 0.988. The molecule has 0 aliphatic heterocycles. The van der Waals surface area contributed by atoms with Crippen molar-refractivity contribution in [2.75, 3.05) is 12.3 Å². The van der Waals surface area contributed by atoms with Crippen LogP contribution in [-0.4, -0.2) is 17.5 Å². The predicted molar refractivity (Wildman–Crippen MR) is 99.6 cm³/mol. The zero-order chi connectivity index (χ0) is 17.1. The molecule has 2 aromatic carbocycles. The van der Waals surface area contributed by atoms with Crippen LogP contribution < -0.4 is 10.5 Å². The van der Waals surface area contributed by atoms with Crippen molar-refractivity contribution in [3.05, 3.63) is 51.4 Å². The minimum Gasteiger partial charge on any atom is -0.482 e. The molecule has 3 aromatic rings. The summed E-state index contributed by atoms with van der Waals surface area (Å²) >= 11 is 6.71. The van der Waals surface area contributed by atoms with Crippen LogP contribution in [0, 0.1) is 0 Å². The molecule has 1 aromatic heterocycles. The van der Waals surface area contributed by atoms with Crippen LogP contribution in [0.5, 0.6) is 5.75 Å².